The highest BCUT2D eigenvalue weighted by atomic mass is 35.5. The minimum absolute atomic E-state index is 0.139. The molecule has 0 saturated carbocycles. The number of rotatable bonds is 5. The molecule has 26 heavy (non-hydrogen) atoms. The van der Waals surface area contributed by atoms with Crippen molar-refractivity contribution in [1.29, 1.82) is 0 Å². The van der Waals surface area contributed by atoms with E-state index in [0.29, 0.717) is 0 Å². The van der Waals surface area contributed by atoms with E-state index in [-0.39, 0.29) is 5.41 Å². The number of hydrogen-bond donors (Lipinski definition) is 0. The molecule has 0 aliphatic heterocycles. The van der Waals surface area contributed by atoms with Crippen molar-refractivity contribution in [3.05, 3.63) is 52.7 Å². The molecular formula is C21H29ClN2OS. The Hall–Kier alpha value is -1.52. The highest BCUT2D eigenvalue weighted by Crippen LogP contribution is 2.26. The van der Waals surface area contributed by atoms with Gasteiger partial charge in [0, 0.05) is 40.9 Å². The molecule has 0 radical (unpaired) electrons. The number of carbonyl (C=O) groups excluding carboxylic acids is 1. The molecule has 0 N–H and O–H groups in total. The molecule has 0 amide bonds. The van der Waals surface area contributed by atoms with Gasteiger partial charge in [0.1, 0.15) is 12.1 Å². The van der Waals surface area contributed by atoms with Gasteiger partial charge in [0.15, 0.2) is 0 Å². The summed E-state index contributed by atoms with van der Waals surface area (Å²) in [6, 6.07) is 10.1. The molecule has 0 atom stereocenters. The average Bonchev–Trinajstić information content (AvgIpc) is 2.61. The van der Waals surface area contributed by atoms with Gasteiger partial charge >= 0.3 is 0 Å². The molecule has 0 unspecified atom stereocenters. The summed E-state index contributed by atoms with van der Waals surface area (Å²) in [6.45, 7) is 10.9. The second-order valence-corrected chi connectivity index (χ2v) is 8.69. The van der Waals surface area contributed by atoms with Crippen LogP contribution in [-0.2, 0) is 10.5 Å². The van der Waals surface area contributed by atoms with Gasteiger partial charge in [-0.15, -0.1) is 11.8 Å². The van der Waals surface area contributed by atoms with E-state index in [1.54, 1.807) is 11.8 Å². The first-order chi connectivity index (χ1) is 12.2. The fraction of sp³-hybridized carbons (Fsp3) is 0.429. The fourth-order valence-electron chi connectivity index (χ4n) is 1.78. The predicted octanol–water partition coefficient (Wildman–Crippen LogP) is 6.02. The Morgan fingerprint density at radius 2 is 1.81 bits per heavy atom. The molecule has 3 nitrogen and oxygen atoms in total. The molecule has 0 fully saturated rings. The van der Waals surface area contributed by atoms with E-state index in [9.17, 15) is 4.79 Å². The third-order valence-electron chi connectivity index (χ3n) is 3.63. The minimum Gasteiger partial charge on any atom is -0.360 e. The summed E-state index contributed by atoms with van der Waals surface area (Å²) in [5.74, 6) is 1.96. The van der Waals surface area contributed by atoms with Gasteiger partial charge in [-0.05, 0) is 55.3 Å². The maximum atomic E-state index is 9.83. The number of hydrogen-bond acceptors (Lipinski definition) is 4. The van der Waals surface area contributed by atoms with Gasteiger partial charge in [-0.3, -0.25) is 0 Å². The highest BCUT2D eigenvalue weighted by molar-refractivity contribution is 7.98. The van der Waals surface area contributed by atoms with Gasteiger partial charge in [-0.25, -0.2) is 4.98 Å². The lowest BCUT2D eigenvalue weighted by atomic mass is 10.0. The molecule has 5 heteroatoms. The molecule has 0 saturated heterocycles. The Morgan fingerprint density at radius 3 is 2.27 bits per heavy atom. The van der Waals surface area contributed by atoms with E-state index < -0.39 is 0 Å². The minimum atomic E-state index is -0.139. The molecule has 0 spiro atoms. The van der Waals surface area contributed by atoms with Gasteiger partial charge < -0.3 is 9.69 Å². The second kappa shape index (κ2) is 10.6. The van der Waals surface area contributed by atoms with E-state index in [1.165, 1.54) is 16.0 Å². The molecule has 0 aliphatic carbocycles. The number of aromatic nitrogens is 1. The fourth-order valence-corrected chi connectivity index (χ4v) is 2.86. The van der Waals surface area contributed by atoms with E-state index in [0.717, 1.165) is 29.4 Å². The number of benzene rings is 1. The smallest absolute Gasteiger partial charge is 0.128 e. The van der Waals surface area contributed by atoms with Crippen LogP contribution in [0.5, 0.6) is 0 Å². The van der Waals surface area contributed by atoms with Crippen LogP contribution in [0.4, 0.5) is 5.82 Å². The summed E-state index contributed by atoms with van der Waals surface area (Å²) < 4.78 is 0. The lowest BCUT2D eigenvalue weighted by Crippen LogP contribution is -2.17. The number of nitrogens with zero attached hydrogens (tertiary/aromatic N) is 2. The molecule has 2 aromatic rings. The standard InChI is InChI=1S/C16H19ClN2S.C5H10O/c1-4-19(3)16-9-12(2)13(10-18-16)11-20-15-7-5-14(17)6-8-15;1-5(2,3)4-6/h5-10H,4,11H2,1-3H3;4H,1-3H3. The lowest BCUT2D eigenvalue weighted by molar-refractivity contribution is -0.113. The van der Waals surface area contributed by atoms with Crippen LogP contribution >= 0.6 is 23.4 Å². The molecule has 0 aliphatic rings. The Labute approximate surface area is 167 Å². The molecule has 2 rings (SSSR count). The van der Waals surface area contributed by atoms with E-state index in [1.807, 2.05) is 39.1 Å². The molecule has 0 bridgehead atoms. The van der Waals surface area contributed by atoms with Crippen molar-refractivity contribution in [1.82, 2.24) is 4.98 Å². The maximum Gasteiger partial charge on any atom is 0.128 e. The number of aryl methyl sites for hydroxylation is 1. The van der Waals surface area contributed by atoms with Crippen molar-refractivity contribution in [2.75, 3.05) is 18.5 Å². The molecule has 1 aromatic carbocycles. The Balaban J connectivity index is 0.000000487. The number of aldehydes is 1. The first kappa shape index (κ1) is 22.5. The van der Waals surface area contributed by atoms with Crippen molar-refractivity contribution in [3.63, 3.8) is 0 Å². The second-order valence-electron chi connectivity index (χ2n) is 7.21. The average molecular weight is 393 g/mol. The van der Waals surface area contributed by atoms with E-state index in [4.69, 9.17) is 11.6 Å². The summed E-state index contributed by atoms with van der Waals surface area (Å²) in [5.41, 5.74) is 2.43. The van der Waals surface area contributed by atoms with Crippen LogP contribution < -0.4 is 4.90 Å². The van der Waals surface area contributed by atoms with Gasteiger partial charge in [0.2, 0.25) is 0 Å². The lowest BCUT2D eigenvalue weighted by Gasteiger charge is -2.17. The number of pyridine rings is 1. The van der Waals surface area contributed by atoms with E-state index in [2.05, 4.69) is 49.0 Å². The van der Waals surface area contributed by atoms with Gasteiger partial charge in [0.25, 0.3) is 0 Å². The quantitative estimate of drug-likeness (QED) is 0.459. The van der Waals surface area contributed by atoms with Crippen LogP contribution in [0.15, 0.2) is 41.4 Å². The van der Waals surface area contributed by atoms with Crippen LogP contribution in [0.25, 0.3) is 0 Å². The monoisotopic (exact) mass is 392 g/mol. The Kier molecular flexibility index (Phi) is 9.17. The number of halogens is 1. The Bertz CT molecular complexity index is 696. The molecule has 142 valence electrons. The summed E-state index contributed by atoms with van der Waals surface area (Å²) >= 11 is 7.70. The van der Waals surface area contributed by atoms with Crippen LogP contribution in [0, 0.1) is 12.3 Å². The van der Waals surface area contributed by atoms with Crippen LogP contribution in [0.1, 0.15) is 38.8 Å². The maximum absolute atomic E-state index is 9.83. The summed E-state index contributed by atoms with van der Waals surface area (Å²) in [7, 11) is 2.06. The van der Waals surface area contributed by atoms with E-state index >= 15 is 0 Å². The molecule has 1 aromatic heterocycles. The van der Waals surface area contributed by atoms with Crippen LogP contribution in [0.3, 0.4) is 0 Å². The number of thioether (sulfide) groups is 1. The number of anilines is 1. The number of carbonyl (C=O) groups is 1. The summed E-state index contributed by atoms with van der Waals surface area (Å²) in [4.78, 5) is 17.7. The Morgan fingerprint density at radius 1 is 1.23 bits per heavy atom. The molecule has 1 heterocycles. The zero-order valence-electron chi connectivity index (χ0n) is 16.5. The van der Waals surface area contributed by atoms with Gasteiger partial charge in [0.05, 0.1) is 0 Å². The van der Waals surface area contributed by atoms with Gasteiger partial charge in [-0.1, -0.05) is 32.4 Å². The summed E-state index contributed by atoms with van der Waals surface area (Å²) in [6.07, 6.45) is 2.92. The zero-order valence-corrected chi connectivity index (χ0v) is 18.1. The summed E-state index contributed by atoms with van der Waals surface area (Å²) in [5, 5.41) is 0.777. The highest BCUT2D eigenvalue weighted by Gasteiger charge is 2.06. The topological polar surface area (TPSA) is 33.2 Å². The third-order valence-corrected chi connectivity index (χ3v) is 4.94. The molecular weight excluding hydrogens is 364 g/mol. The predicted molar refractivity (Wildman–Crippen MR) is 114 cm³/mol. The van der Waals surface area contributed by atoms with Crippen molar-refractivity contribution < 1.29 is 4.79 Å². The van der Waals surface area contributed by atoms with Crippen LogP contribution in [-0.4, -0.2) is 24.9 Å². The zero-order chi connectivity index (χ0) is 19.7. The SMILES string of the molecule is CC(C)(C)C=O.CCN(C)c1cc(C)c(CSc2ccc(Cl)cc2)cn1. The van der Waals surface area contributed by atoms with Crippen molar-refractivity contribution in [2.24, 2.45) is 5.41 Å². The largest absolute Gasteiger partial charge is 0.360 e. The van der Waals surface area contributed by atoms with Crippen molar-refractivity contribution >= 4 is 35.5 Å². The van der Waals surface area contributed by atoms with Gasteiger partial charge in [-0.2, -0.15) is 0 Å². The first-order valence-electron chi connectivity index (χ1n) is 8.67. The third kappa shape index (κ3) is 8.24. The normalized spacial score (nSPS) is 10.7. The van der Waals surface area contributed by atoms with Crippen molar-refractivity contribution in [3.8, 4) is 0 Å². The first-order valence-corrected chi connectivity index (χ1v) is 10.0. The van der Waals surface area contributed by atoms with Crippen molar-refractivity contribution in [2.45, 2.75) is 45.3 Å². The van der Waals surface area contributed by atoms with Crippen LogP contribution in [0.2, 0.25) is 5.02 Å².